The van der Waals surface area contributed by atoms with Crippen molar-refractivity contribution in [1.29, 1.82) is 0 Å². The third kappa shape index (κ3) is 2.08. The van der Waals surface area contributed by atoms with Crippen LogP contribution in [-0.2, 0) is 0 Å². The zero-order chi connectivity index (χ0) is 15.9. The molecule has 0 aliphatic carbocycles. The Bertz CT molecular complexity index is 1030. The van der Waals surface area contributed by atoms with Crippen LogP contribution >= 0.6 is 0 Å². The number of aromatic hydroxyl groups is 1. The van der Waals surface area contributed by atoms with E-state index in [2.05, 4.69) is 11.8 Å². The van der Waals surface area contributed by atoms with E-state index >= 15 is 0 Å². The molecule has 0 unspecified atom stereocenters. The standard InChI is InChI=1S/C16H8F2O4/c17-11-6-9(20)7-12-14(11)13-10(16(21)22-12)4-3-8(15(13)18)2-1-5-19/h3-4,6-7,19-20H,5H2. The minimum absolute atomic E-state index is 0.0825. The first-order chi connectivity index (χ1) is 10.5. The zero-order valence-corrected chi connectivity index (χ0v) is 11.0. The number of rotatable bonds is 0. The van der Waals surface area contributed by atoms with Crippen molar-refractivity contribution in [2.75, 3.05) is 6.61 Å². The van der Waals surface area contributed by atoms with Gasteiger partial charge in [-0.25, -0.2) is 13.6 Å². The highest BCUT2D eigenvalue weighted by Crippen LogP contribution is 2.31. The van der Waals surface area contributed by atoms with Gasteiger partial charge in [-0.2, -0.15) is 0 Å². The molecule has 4 nitrogen and oxygen atoms in total. The minimum atomic E-state index is -0.921. The fourth-order valence-electron chi connectivity index (χ4n) is 2.27. The van der Waals surface area contributed by atoms with Gasteiger partial charge in [-0.15, -0.1) is 0 Å². The van der Waals surface area contributed by atoms with Crippen molar-refractivity contribution in [3.8, 4) is 17.6 Å². The number of halogens is 2. The molecule has 6 heteroatoms. The van der Waals surface area contributed by atoms with Crippen LogP contribution in [0.3, 0.4) is 0 Å². The molecule has 0 bridgehead atoms. The maximum Gasteiger partial charge on any atom is 0.344 e. The van der Waals surface area contributed by atoms with Crippen LogP contribution < -0.4 is 5.63 Å². The fourth-order valence-corrected chi connectivity index (χ4v) is 2.27. The topological polar surface area (TPSA) is 70.7 Å². The monoisotopic (exact) mass is 302 g/mol. The maximum atomic E-state index is 14.6. The molecule has 0 saturated carbocycles. The lowest BCUT2D eigenvalue weighted by Gasteiger charge is -2.06. The van der Waals surface area contributed by atoms with E-state index in [9.17, 15) is 18.7 Å². The fraction of sp³-hybridized carbons (Fsp3) is 0.0625. The summed E-state index contributed by atoms with van der Waals surface area (Å²) in [5, 5.41) is 17.4. The van der Waals surface area contributed by atoms with Crippen LogP contribution in [0.5, 0.6) is 5.75 Å². The molecule has 1 heterocycles. The van der Waals surface area contributed by atoms with Gasteiger partial charge in [0.05, 0.1) is 16.3 Å². The van der Waals surface area contributed by atoms with Crippen molar-refractivity contribution in [2.24, 2.45) is 0 Å². The largest absolute Gasteiger partial charge is 0.508 e. The minimum Gasteiger partial charge on any atom is -0.508 e. The van der Waals surface area contributed by atoms with Crippen molar-refractivity contribution < 1.29 is 23.4 Å². The van der Waals surface area contributed by atoms with Crippen LogP contribution in [0.25, 0.3) is 21.7 Å². The number of fused-ring (bicyclic) bond motifs is 3. The van der Waals surface area contributed by atoms with Gasteiger partial charge in [0.2, 0.25) is 0 Å². The molecule has 0 fully saturated rings. The van der Waals surface area contributed by atoms with Gasteiger partial charge >= 0.3 is 5.63 Å². The lowest BCUT2D eigenvalue weighted by atomic mass is 10.0. The van der Waals surface area contributed by atoms with Gasteiger partial charge in [-0.3, -0.25) is 0 Å². The number of phenols is 1. The van der Waals surface area contributed by atoms with Crippen molar-refractivity contribution in [3.05, 3.63) is 51.9 Å². The molecule has 0 amide bonds. The van der Waals surface area contributed by atoms with Crippen LogP contribution in [0.1, 0.15) is 5.56 Å². The average Bonchev–Trinajstić information content (AvgIpc) is 2.46. The lowest BCUT2D eigenvalue weighted by Crippen LogP contribution is -2.03. The Kier molecular flexibility index (Phi) is 3.28. The second kappa shape index (κ2) is 5.13. The molecule has 110 valence electrons. The number of aliphatic hydroxyl groups excluding tert-OH is 1. The Morgan fingerprint density at radius 3 is 2.68 bits per heavy atom. The molecule has 0 spiro atoms. The van der Waals surface area contributed by atoms with Crippen LogP contribution in [0.2, 0.25) is 0 Å². The van der Waals surface area contributed by atoms with Gasteiger partial charge in [0.15, 0.2) is 0 Å². The van der Waals surface area contributed by atoms with Gasteiger partial charge in [-0.05, 0) is 12.1 Å². The Balaban J connectivity index is 2.56. The molecule has 22 heavy (non-hydrogen) atoms. The highest BCUT2D eigenvalue weighted by Gasteiger charge is 2.18. The van der Waals surface area contributed by atoms with Crippen LogP contribution in [0.15, 0.2) is 33.5 Å². The quantitative estimate of drug-likeness (QED) is 0.380. The van der Waals surface area contributed by atoms with E-state index in [1.165, 1.54) is 12.1 Å². The predicted molar refractivity (Wildman–Crippen MR) is 75.5 cm³/mol. The summed E-state index contributed by atoms with van der Waals surface area (Å²) in [6.45, 7) is -0.461. The summed E-state index contributed by atoms with van der Waals surface area (Å²) in [6.07, 6.45) is 0. The van der Waals surface area contributed by atoms with E-state index < -0.39 is 29.6 Å². The Labute approximate surface area is 122 Å². The second-order valence-electron chi connectivity index (χ2n) is 4.50. The van der Waals surface area contributed by atoms with E-state index in [0.29, 0.717) is 0 Å². The van der Waals surface area contributed by atoms with Gasteiger partial charge in [0.25, 0.3) is 0 Å². The van der Waals surface area contributed by atoms with Crippen LogP contribution in [0, 0.1) is 23.5 Å². The van der Waals surface area contributed by atoms with Crippen molar-refractivity contribution in [3.63, 3.8) is 0 Å². The Morgan fingerprint density at radius 1 is 1.18 bits per heavy atom. The van der Waals surface area contributed by atoms with E-state index in [1.807, 2.05) is 0 Å². The van der Waals surface area contributed by atoms with E-state index in [4.69, 9.17) is 9.52 Å². The predicted octanol–water partition coefficient (Wildman–Crippen LogP) is 2.27. The summed E-state index contributed by atoms with van der Waals surface area (Å²) in [6, 6.07) is 4.36. The lowest BCUT2D eigenvalue weighted by molar-refractivity contribution is 0.350. The third-order valence-electron chi connectivity index (χ3n) is 3.16. The number of hydrogen-bond acceptors (Lipinski definition) is 4. The average molecular weight is 302 g/mol. The molecule has 0 aliphatic rings. The van der Waals surface area contributed by atoms with Crippen LogP contribution in [-0.4, -0.2) is 16.8 Å². The molecular weight excluding hydrogens is 294 g/mol. The van der Waals surface area contributed by atoms with Gasteiger partial charge in [0, 0.05) is 17.5 Å². The highest BCUT2D eigenvalue weighted by molar-refractivity contribution is 6.05. The Morgan fingerprint density at radius 2 is 1.95 bits per heavy atom. The number of benzene rings is 2. The maximum absolute atomic E-state index is 14.6. The highest BCUT2D eigenvalue weighted by atomic mass is 19.1. The summed E-state index contributed by atoms with van der Waals surface area (Å²) in [7, 11) is 0. The molecule has 0 atom stereocenters. The van der Waals surface area contributed by atoms with Crippen LogP contribution in [0.4, 0.5) is 8.78 Å². The van der Waals surface area contributed by atoms with Gasteiger partial charge in [0.1, 0.15) is 29.6 Å². The van der Waals surface area contributed by atoms with Gasteiger partial charge < -0.3 is 14.6 Å². The van der Waals surface area contributed by atoms with E-state index in [0.717, 1.165) is 12.1 Å². The molecule has 3 aromatic rings. The first-order valence-corrected chi connectivity index (χ1v) is 6.20. The van der Waals surface area contributed by atoms with Crippen molar-refractivity contribution in [1.82, 2.24) is 0 Å². The summed E-state index contributed by atoms with van der Waals surface area (Å²) in [5.41, 5.74) is -1.20. The number of hydrogen-bond donors (Lipinski definition) is 2. The summed E-state index contributed by atoms with van der Waals surface area (Å²) >= 11 is 0. The molecule has 0 radical (unpaired) electrons. The molecular formula is C16H8F2O4. The van der Waals surface area contributed by atoms with Crippen molar-refractivity contribution >= 4 is 21.7 Å². The molecule has 2 N–H and O–H groups in total. The van der Waals surface area contributed by atoms with Gasteiger partial charge in [-0.1, -0.05) is 11.8 Å². The van der Waals surface area contributed by atoms with E-state index in [-0.39, 0.29) is 27.3 Å². The zero-order valence-electron chi connectivity index (χ0n) is 11.0. The smallest absolute Gasteiger partial charge is 0.344 e. The van der Waals surface area contributed by atoms with Crippen molar-refractivity contribution in [2.45, 2.75) is 0 Å². The molecule has 3 rings (SSSR count). The first-order valence-electron chi connectivity index (χ1n) is 6.20. The Hall–Kier alpha value is -2.91. The second-order valence-corrected chi connectivity index (χ2v) is 4.50. The molecule has 0 saturated heterocycles. The first kappa shape index (κ1) is 14.0. The van der Waals surface area contributed by atoms with E-state index in [1.54, 1.807) is 0 Å². The third-order valence-corrected chi connectivity index (χ3v) is 3.16. The molecule has 2 aromatic carbocycles. The normalized spacial score (nSPS) is 10.7. The SMILES string of the molecule is O=c1oc2cc(O)cc(F)c2c2c(F)c(C#CCO)ccc12. The molecule has 0 aliphatic heterocycles. The summed E-state index contributed by atoms with van der Waals surface area (Å²) < 4.78 is 33.6. The number of aliphatic hydroxyl groups is 1. The number of phenolic OH excluding ortho intramolecular Hbond substituents is 1. The molecule has 1 aromatic heterocycles. The summed E-state index contributed by atoms with van der Waals surface area (Å²) in [4.78, 5) is 11.9. The summed E-state index contributed by atoms with van der Waals surface area (Å²) in [5.74, 6) is 2.43.